The molecule has 2 aromatic rings. The van der Waals surface area contributed by atoms with E-state index in [1.165, 1.54) is 0 Å². The lowest BCUT2D eigenvalue weighted by Crippen LogP contribution is -2.23. The molecule has 0 fully saturated rings. The summed E-state index contributed by atoms with van der Waals surface area (Å²) in [5.74, 6) is 0.523. The Bertz CT molecular complexity index is 571. The van der Waals surface area contributed by atoms with Crippen molar-refractivity contribution in [1.29, 1.82) is 0 Å². The minimum Gasteiger partial charge on any atom is -0.350 e. The van der Waals surface area contributed by atoms with Gasteiger partial charge in [-0.05, 0) is 30.0 Å². The Morgan fingerprint density at radius 3 is 3.00 bits per heavy atom. The number of thiol groups is 1. The molecule has 1 amide bonds. The summed E-state index contributed by atoms with van der Waals surface area (Å²) in [6, 6.07) is 9.29. The molecule has 0 saturated heterocycles. The van der Waals surface area contributed by atoms with Gasteiger partial charge in [0.25, 0.3) is 0 Å². The van der Waals surface area contributed by atoms with Gasteiger partial charge in [0.05, 0.1) is 17.9 Å². The monoisotopic (exact) mass is 295 g/mol. The van der Waals surface area contributed by atoms with E-state index in [0.717, 1.165) is 11.4 Å². The molecule has 19 heavy (non-hydrogen) atoms. The molecule has 0 radical (unpaired) electrons. The number of halogens is 1. The molecule has 0 bridgehead atoms. The Labute approximate surface area is 122 Å². The average Bonchev–Trinajstić information content (AvgIpc) is 2.85. The molecule has 0 saturated carbocycles. The third-order valence-corrected chi connectivity index (χ3v) is 2.98. The van der Waals surface area contributed by atoms with E-state index in [9.17, 15) is 4.79 Å². The maximum atomic E-state index is 11.3. The number of nitrogens with zero attached hydrogens (tertiary/aromatic N) is 2. The highest BCUT2D eigenvalue weighted by molar-refractivity contribution is 7.80. The highest BCUT2D eigenvalue weighted by atomic mass is 35.5. The van der Waals surface area contributed by atoms with Crippen molar-refractivity contribution >= 4 is 30.1 Å². The summed E-state index contributed by atoms with van der Waals surface area (Å²) >= 11 is 9.94. The third-order valence-electron chi connectivity index (χ3n) is 2.52. The van der Waals surface area contributed by atoms with Crippen molar-refractivity contribution in [3.8, 4) is 5.69 Å². The number of rotatable bonds is 5. The van der Waals surface area contributed by atoms with Gasteiger partial charge >= 0.3 is 0 Å². The highest BCUT2D eigenvalue weighted by Crippen LogP contribution is 2.14. The van der Waals surface area contributed by atoms with Gasteiger partial charge in [-0.1, -0.05) is 17.7 Å². The number of nitrogens with one attached hydrogen (secondary N) is 1. The molecule has 0 aliphatic carbocycles. The summed E-state index contributed by atoms with van der Waals surface area (Å²) in [6.07, 6.45) is 2.25. The van der Waals surface area contributed by atoms with Gasteiger partial charge in [0, 0.05) is 17.6 Å². The first kappa shape index (κ1) is 14.0. The molecule has 1 N–H and O–H groups in total. The van der Waals surface area contributed by atoms with E-state index in [-0.39, 0.29) is 5.91 Å². The van der Waals surface area contributed by atoms with Crippen molar-refractivity contribution in [2.24, 2.45) is 0 Å². The smallest absolute Gasteiger partial charge is 0.221 e. The van der Waals surface area contributed by atoms with E-state index in [1.807, 2.05) is 36.5 Å². The minimum atomic E-state index is -0.0210. The molecule has 1 aromatic heterocycles. The van der Waals surface area contributed by atoms with E-state index >= 15 is 0 Å². The fourth-order valence-corrected chi connectivity index (χ4v) is 1.99. The lowest BCUT2D eigenvalue weighted by molar-refractivity contribution is -0.120. The van der Waals surface area contributed by atoms with Gasteiger partial charge in [-0.25, -0.2) is 4.68 Å². The maximum absolute atomic E-state index is 11.3. The molecule has 1 heterocycles. The quantitative estimate of drug-likeness (QED) is 0.833. The summed E-state index contributed by atoms with van der Waals surface area (Å²) < 4.78 is 1.73. The van der Waals surface area contributed by atoms with Crippen LogP contribution in [0.2, 0.25) is 5.02 Å². The second-order valence-electron chi connectivity index (χ2n) is 3.98. The van der Waals surface area contributed by atoms with E-state index in [0.29, 0.717) is 23.7 Å². The van der Waals surface area contributed by atoms with E-state index in [1.54, 1.807) is 4.68 Å². The molecular weight excluding hydrogens is 282 g/mol. The van der Waals surface area contributed by atoms with Gasteiger partial charge in [0.2, 0.25) is 5.91 Å². The first-order chi connectivity index (χ1) is 9.19. The van der Waals surface area contributed by atoms with Gasteiger partial charge in [-0.15, -0.1) is 0 Å². The molecular formula is C13H14ClN3OS. The van der Waals surface area contributed by atoms with Gasteiger partial charge in [0.1, 0.15) is 0 Å². The van der Waals surface area contributed by atoms with Crippen LogP contribution in [0, 0.1) is 0 Å². The Balaban J connectivity index is 2.01. The molecule has 1 aromatic carbocycles. The number of hydrogen-bond acceptors (Lipinski definition) is 3. The third kappa shape index (κ3) is 4.01. The molecule has 0 unspecified atom stereocenters. The molecule has 0 atom stereocenters. The summed E-state index contributed by atoms with van der Waals surface area (Å²) in [7, 11) is 0. The highest BCUT2D eigenvalue weighted by Gasteiger charge is 2.04. The minimum absolute atomic E-state index is 0.0210. The number of hydrogen-bond donors (Lipinski definition) is 2. The fraction of sp³-hybridized carbons (Fsp3) is 0.231. The van der Waals surface area contributed by atoms with Crippen LogP contribution in [0.25, 0.3) is 5.69 Å². The molecule has 100 valence electrons. The summed E-state index contributed by atoms with van der Waals surface area (Å²) in [5.41, 5.74) is 1.69. The lowest BCUT2D eigenvalue weighted by Gasteiger charge is -2.02. The Kier molecular flexibility index (Phi) is 4.87. The van der Waals surface area contributed by atoms with Crippen LogP contribution in [0.4, 0.5) is 0 Å². The van der Waals surface area contributed by atoms with Crippen molar-refractivity contribution in [2.45, 2.75) is 13.0 Å². The second-order valence-corrected chi connectivity index (χ2v) is 4.87. The van der Waals surface area contributed by atoms with E-state index < -0.39 is 0 Å². The molecule has 0 aliphatic rings. The fourth-order valence-electron chi connectivity index (χ4n) is 1.60. The number of carbonyl (C=O) groups is 1. The Morgan fingerprint density at radius 1 is 1.42 bits per heavy atom. The number of amides is 1. The van der Waals surface area contributed by atoms with E-state index in [4.69, 9.17) is 11.6 Å². The van der Waals surface area contributed by atoms with Gasteiger partial charge in [0.15, 0.2) is 0 Å². The van der Waals surface area contributed by atoms with Gasteiger partial charge in [-0.2, -0.15) is 17.7 Å². The topological polar surface area (TPSA) is 46.9 Å². The lowest BCUT2D eigenvalue weighted by atomic mass is 10.3. The van der Waals surface area contributed by atoms with Crippen molar-refractivity contribution in [3.63, 3.8) is 0 Å². The average molecular weight is 296 g/mol. The first-order valence-electron chi connectivity index (χ1n) is 5.87. The predicted molar refractivity (Wildman–Crippen MR) is 78.9 cm³/mol. The number of carbonyl (C=O) groups excluding carboxylic acids is 1. The standard InChI is InChI=1S/C13H14ClN3OS/c14-10-2-1-3-12(8-10)17-6-4-11(16-17)9-15-13(18)5-7-19/h1-4,6,8,19H,5,7,9H2,(H,15,18). The Morgan fingerprint density at radius 2 is 2.26 bits per heavy atom. The second kappa shape index (κ2) is 6.63. The van der Waals surface area contributed by atoms with Gasteiger partial charge in [-0.3, -0.25) is 4.79 Å². The largest absolute Gasteiger partial charge is 0.350 e. The van der Waals surface area contributed by atoms with Crippen molar-refractivity contribution in [2.75, 3.05) is 5.75 Å². The van der Waals surface area contributed by atoms with Crippen LogP contribution in [-0.4, -0.2) is 21.4 Å². The van der Waals surface area contributed by atoms with Crippen molar-refractivity contribution in [3.05, 3.63) is 47.2 Å². The summed E-state index contributed by atoms with van der Waals surface area (Å²) in [6.45, 7) is 0.417. The zero-order chi connectivity index (χ0) is 13.7. The van der Waals surface area contributed by atoms with Crippen molar-refractivity contribution in [1.82, 2.24) is 15.1 Å². The number of aromatic nitrogens is 2. The Hall–Kier alpha value is -1.46. The van der Waals surface area contributed by atoms with Crippen LogP contribution in [0.1, 0.15) is 12.1 Å². The normalized spacial score (nSPS) is 10.4. The first-order valence-corrected chi connectivity index (χ1v) is 6.88. The molecule has 6 heteroatoms. The van der Waals surface area contributed by atoms with Crippen LogP contribution in [-0.2, 0) is 11.3 Å². The molecule has 0 aliphatic heterocycles. The van der Waals surface area contributed by atoms with Crippen LogP contribution < -0.4 is 5.32 Å². The SMILES string of the molecule is O=C(CCS)NCc1ccn(-c2cccc(Cl)c2)n1. The predicted octanol–water partition coefficient (Wildman–Crippen LogP) is 2.46. The van der Waals surface area contributed by atoms with Crippen LogP contribution in [0.5, 0.6) is 0 Å². The zero-order valence-corrected chi connectivity index (χ0v) is 11.9. The van der Waals surface area contributed by atoms with Crippen LogP contribution in [0.3, 0.4) is 0 Å². The van der Waals surface area contributed by atoms with Crippen LogP contribution in [0.15, 0.2) is 36.5 Å². The maximum Gasteiger partial charge on any atom is 0.221 e. The summed E-state index contributed by atoms with van der Waals surface area (Å²) in [4.78, 5) is 11.3. The van der Waals surface area contributed by atoms with E-state index in [2.05, 4.69) is 23.0 Å². The zero-order valence-electron chi connectivity index (χ0n) is 10.2. The number of benzene rings is 1. The van der Waals surface area contributed by atoms with Gasteiger partial charge < -0.3 is 5.32 Å². The van der Waals surface area contributed by atoms with Crippen LogP contribution >= 0.6 is 24.2 Å². The summed E-state index contributed by atoms with van der Waals surface area (Å²) in [5, 5.41) is 7.83. The van der Waals surface area contributed by atoms with Crippen molar-refractivity contribution < 1.29 is 4.79 Å². The molecule has 2 rings (SSSR count). The molecule has 0 spiro atoms. The molecule has 4 nitrogen and oxygen atoms in total.